The van der Waals surface area contributed by atoms with Crippen molar-refractivity contribution in [2.24, 2.45) is 10.9 Å². The molecule has 158 valence electrons. The first-order valence-corrected chi connectivity index (χ1v) is 11.5. The van der Waals surface area contributed by atoms with Crippen molar-refractivity contribution in [2.75, 3.05) is 26.2 Å². The second kappa shape index (κ2) is 11.2. The number of thiophene rings is 1. The zero-order chi connectivity index (χ0) is 20.5. The van der Waals surface area contributed by atoms with Crippen LogP contribution < -0.4 is 16.0 Å². The Morgan fingerprint density at radius 2 is 1.93 bits per heavy atom. The average Bonchev–Trinajstić information content (AvgIpc) is 3.19. The Balaban J connectivity index is 1.45. The van der Waals surface area contributed by atoms with Gasteiger partial charge in [-0.3, -0.25) is 9.79 Å². The third-order valence-corrected chi connectivity index (χ3v) is 6.45. The Labute approximate surface area is 176 Å². The van der Waals surface area contributed by atoms with Gasteiger partial charge in [-0.1, -0.05) is 37.5 Å². The molecule has 4 N–H and O–H groups in total. The van der Waals surface area contributed by atoms with Gasteiger partial charge in [-0.2, -0.15) is 0 Å². The minimum atomic E-state index is -0.631. The molecule has 0 saturated heterocycles. The highest BCUT2D eigenvalue weighted by Crippen LogP contribution is 2.29. The monoisotopic (exact) mass is 416 g/mol. The maximum atomic E-state index is 12.2. The number of nitrogens with one attached hydrogen (secondary N) is 3. The number of hydrogen-bond acceptors (Lipinski definition) is 4. The largest absolute Gasteiger partial charge is 0.386 e. The van der Waals surface area contributed by atoms with E-state index in [2.05, 4.69) is 33.1 Å². The highest BCUT2D eigenvalue weighted by molar-refractivity contribution is 7.19. The fraction of sp³-hybridized carbons (Fsp3) is 0.545. The summed E-state index contributed by atoms with van der Waals surface area (Å²) in [6.45, 7) is 4.20. The Morgan fingerprint density at radius 3 is 2.69 bits per heavy atom. The second-order valence-corrected chi connectivity index (χ2v) is 8.59. The first-order chi connectivity index (χ1) is 14.2. The number of aliphatic imine (C=N–C) groups is 1. The standard InChI is InChI=1S/C22H32N4O2S/c1-2-23-22(25-13-12-24-21(28)16-8-4-3-5-9-16)26-15-18(27)20-14-17-10-6-7-11-19(17)29-20/h6-7,10-11,14,16,18,27H,2-5,8-9,12-13,15H2,1H3,(H,24,28)(H2,23,25,26). The predicted octanol–water partition coefficient (Wildman–Crippen LogP) is 3.19. The number of nitrogens with zero attached hydrogens (tertiary/aromatic N) is 1. The molecule has 1 unspecified atom stereocenters. The van der Waals surface area contributed by atoms with Crippen molar-refractivity contribution >= 4 is 33.3 Å². The first-order valence-electron chi connectivity index (χ1n) is 10.6. The lowest BCUT2D eigenvalue weighted by Gasteiger charge is -2.21. The smallest absolute Gasteiger partial charge is 0.223 e. The van der Waals surface area contributed by atoms with Crippen molar-refractivity contribution in [3.8, 4) is 0 Å². The predicted molar refractivity (Wildman–Crippen MR) is 120 cm³/mol. The van der Waals surface area contributed by atoms with Crippen molar-refractivity contribution < 1.29 is 9.90 Å². The minimum absolute atomic E-state index is 0.175. The molecule has 7 heteroatoms. The summed E-state index contributed by atoms with van der Waals surface area (Å²) in [5.74, 6) is 1.01. The van der Waals surface area contributed by atoms with Gasteiger partial charge in [-0.05, 0) is 37.3 Å². The van der Waals surface area contributed by atoms with Crippen LogP contribution in [0.15, 0.2) is 35.3 Å². The zero-order valence-corrected chi connectivity index (χ0v) is 17.9. The number of carbonyl (C=O) groups excluding carboxylic acids is 1. The lowest BCUT2D eigenvalue weighted by molar-refractivity contribution is -0.125. The van der Waals surface area contributed by atoms with E-state index in [0.29, 0.717) is 19.0 Å². The van der Waals surface area contributed by atoms with E-state index in [9.17, 15) is 9.90 Å². The molecule has 1 aliphatic rings. The third kappa shape index (κ3) is 6.44. The molecule has 0 radical (unpaired) electrons. The molecule has 1 aromatic heterocycles. The van der Waals surface area contributed by atoms with Crippen molar-refractivity contribution in [2.45, 2.75) is 45.1 Å². The summed E-state index contributed by atoms with van der Waals surface area (Å²) in [6, 6.07) is 10.2. The van der Waals surface area contributed by atoms with Crippen molar-refractivity contribution in [1.29, 1.82) is 0 Å². The molecule has 3 rings (SSSR count). The molecule has 1 heterocycles. The molecular formula is C22H32N4O2S. The van der Waals surface area contributed by atoms with Crippen LogP contribution in [-0.2, 0) is 4.79 Å². The molecule has 1 fully saturated rings. The Kier molecular flexibility index (Phi) is 8.31. The van der Waals surface area contributed by atoms with Crippen LogP contribution in [0.4, 0.5) is 0 Å². The van der Waals surface area contributed by atoms with Crippen molar-refractivity contribution in [1.82, 2.24) is 16.0 Å². The number of rotatable bonds is 8. The SMILES string of the molecule is CCNC(=NCC(O)c1cc2ccccc2s1)NCCNC(=O)C1CCCCC1. The van der Waals surface area contributed by atoms with E-state index in [1.165, 1.54) is 11.1 Å². The summed E-state index contributed by atoms with van der Waals surface area (Å²) < 4.78 is 1.17. The van der Waals surface area contributed by atoms with Crippen LogP contribution in [-0.4, -0.2) is 43.2 Å². The van der Waals surface area contributed by atoms with Crippen LogP contribution in [0.3, 0.4) is 0 Å². The summed E-state index contributed by atoms with van der Waals surface area (Å²) in [6.07, 6.45) is 4.97. The molecule has 2 aromatic rings. The molecule has 1 aliphatic carbocycles. The Morgan fingerprint density at radius 1 is 1.17 bits per heavy atom. The van der Waals surface area contributed by atoms with Crippen LogP contribution in [0.1, 0.15) is 50.0 Å². The normalized spacial score (nSPS) is 16.6. The highest BCUT2D eigenvalue weighted by Gasteiger charge is 2.20. The molecule has 1 atom stereocenters. The van der Waals surface area contributed by atoms with E-state index >= 15 is 0 Å². The lowest BCUT2D eigenvalue weighted by atomic mass is 9.89. The zero-order valence-electron chi connectivity index (χ0n) is 17.1. The number of guanidine groups is 1. The number of aliphatic hydroxyl groups excluding tert-OH is 1. The number of hydrogen-bond donors (Lipinski definition) is 4. The third-order valence-electron chi connectivity index (χ3n) is 5.23. The van der Waals surface area contributed by atoms with Crippen molar-refractivity contribution in [3.63, 3.8) is 0 Å². The highest BCUT2D eigenvalue weighted by atomic mass is 32.1. The molecule has 6 nitrogen and oxygen atoms in total. The molecular weight excluding hydrogens is 384 g/mol. The van der Waals surface area contributed by atoms with E-state index in [0.717, 1.165) is 42.5 Å². The molecule has 0 spiro atoms. The minimum Gasteiger partial charge on any atom is -0.386 e. The second-order valence-electron chi connectivity index (χ2n) is 7.47. The molecule has 1 amide bonds. The van der Waals surface area contributed by atoms with Gasteiger partial charge in [0.15, 0.2) is 5.96 Å². The summed E-state index contributed by atoms with van der Waals surface area (Å²) >= 11 is 1.60. The van der Waals surface area contributed by atoms with Gasteiger partial charge in [0.1, 0.15) is 6.10 Å². The van der Waals surface area contributed by atoms with E-state index in [4.69, 9.17) is 0 Å². The quantitative estimate of drug-likeness (QED) is 0.302. The van der Waals surface area contributed by atoms with E-state index < -0.39 is 6.10 Å². The van der Waals surface area contributed by atoms with Crippen molar-refractivity contribution in [3.05, 3.63) is 35.2 Å². The molecule has 29 heavy (non-hydrogen) atoms. The van der Waals surface area contributed by atoms with Gasteiger partial charge >= 0.3 is 0 Å². The number of amides is 1. The van der Waals surface area contributed by atoms with Crippen LogP contribution in [0.2, 0.25) is 0 Å². The first kappa shape index (κ1) is 21.6. The maximum absolute atomic E-state index is 12.2. The Bertz CT molecular complexity index is 781. The summed E-state index contributed by atoms with van der Waals surface area (Å²) in [5.41, 5.74) is 0. The van der Waals surface area contributed by atoms with E-state index in [-0.39, 0.29) is 18.4 Å². The molecule has 1 saturated carbocycles. The summed E-state index contributed by atoms with van der Waals surface area (Å²) in [5, 5.41) is 21.1. The van der Waals surface area contributed by atoms with Crippen LogP contribution in [0, 0.1) is 5.92 Å². The molecule has 0 aliphatic heterocycles. The lowest BCUT2D eigenvalue weighted by Crippen LogP contribution is -2.42. The van der Waals surface area contributed by atoms with Gasteiger partial charge in [-0.15, -0.1) is 11.3 Å². The van der Waals surface area contributed by atoms with Gasteiger partial charge in [0.25, 0.3) is 0 Å². The topological polar surface area (TPSA) is 85.8 Å². The maximum Gasteiger partial charge on any atom is 0.223 e. The average molecular weight is 417 g/mol. The summed E-state index contributed by atoms with van der Waals surface area (Å²) in [7, 11) is 0. The van der Waals surface area contributed by atoms with E-state index in [1.54, 1.807) is 11.3 Å². The van der Waals surface area contributed by atoms with Crippen LogP contribution in [0.5, 0.6) is 0 Å². The van der Waals surface area contributed by atoms with Gasteiger partial charge in [0.2, 0.25) is 5.91 Å². The van der Waals surface area contributed by atoms with Gasteiger partial charge in [0, 0.05) is 35.1 Å². The van der Waals surface area contributed by atoms with Gasteiger partial charge in [0.05, 0.1) is 6.54 Å². The molecule has 0 bridgehead atoms. The van der Waals surface area contributed by atoms with Crippen LogP contribution in [0.25, 0.3) is 10.1 Å². The fourth-order valence-electron chi connectivity index (χ4n) is 3.65. The van der Waals surface area contributed by atoms with Crippen LogP contribution >= 0.6 is 11.3 Å². The number of benzene rings is 1. The summed E-state index contributed by atoms with van der Waals surface area (Å²) in [4.78, 5) is 17.6. The Hall–Kier alpha value is -2.12. The number of carbonyl (C=O) groups is 1. The van der Waals surface area contributed by atoms with E-state index in [1.807, 2.05) is 25.1 Å². The number of aliphatic hydroxyl groups is 1. The van der Waals surface area contributed by atoms with Gasteiger partial charge in [-0.25, -0.2) is 0 Å². The number of fused-ring (bicyclic) bond motifs is 1. The molecule has 1 aromatic carbocycles. The van der Waals surface area contributed by atoms with Gasteiger partial charge < -0.3 is 21.1 Å². The fourth-order valence-corrected chi connectivity index (χ4v) is 4.69.